The fourth-order valence-corrected chi connectivity index (χ4v) is 2.99. The molecule has 7 nitrogen and oxygen atoms in total. The molecule has 8 heteroatoms. The van der Waals surface area contributed by atoms with Gasteiger partial charge in [0.05, 0.1) is 24.1 Å². The maximum Gasteiger partial charge on any atom is 0.244 e. The van der Waals surface area contributed by atoms with E-state index in [0.717, 1.165) is 42.8 Å². The van der Waals surface area contributed by atoms with Gasteiger partial charge in [-0.05, 0) is 19.9 Å². The Bertz CT molecular complexity index is 753. The van der Waals surface area contributed by atoms with Crippen molar-refractivity contribution in [2.75, 3.05) is 25.6 Å². The summed E-state index contributed by atoms with van der Waals surface area (Å²) in [5.74, 6) is 1.10. The van der Waals surface area contributed by atoms with Crippen molar-refractivity contribution in [3.05, 3.63) is 18.5 Å². The van der Waals surface area contributed by atoms with E-state index in [1.54, 1.807) is 0 Å². The van der Waals surface area contributed by atoms with E-state index in [1.165, 1.54) is 0 Å². The molecule has 3 rings (SSSR count). The number of aromatic nitrogens is 3. The van der Waals surface area contributed by atoms with Gasteiger partial charge in [0.2, 0.25) is 11.8 Å². The molecule has 3 heterocycles. The number of rotatable bonds is 6. The molecule has 2 N–H and O–H groups in total. The van der Waals surface area contributed by atoms with E-state index in [0.29, 0.717) is 11.8 Å². The van der Waals surface area contributed by atoms with Crippen LogP contribution in [0.5, 0.6) is 5.88 Å². The molecular formula is C17H25N5O2S. The minimum atomic E-state index is -0.0543. The molecule has 0 bridgehead atoms. The van der Waals surface area contributed by atoms with E-state index >= 15 is 0 Å². The molecule has 1 saturated heterocycles. The number of thiol groups is 1. The number of ether oxygens (including phenoxy) is 2. The van der Waals surface area contributed by atoms with Crippen molar-refractivity contribution in [3.8, 4) is 5.88 Å². The standard InChI is InChI=1S/C17H25N5O2S/c1-11(10-18-3)22-7-4-14-15(22)16(21-17(20-14)19-12(2)25)24-13-5-8-23-9-6-13/h4,7,10,12-13,18,25H,5-6,8-9H2,1-3H3,(H,19,20,21)/b11-10+. The topological polar surface area (TPSA) is 73.2 Å². The Morgan fingerprint density at radius 1 is 1.44 bits per heavy atom. The molecule has 2 aromatic heterocycles. The van der Waals surface area contributed by atoms with E-state index in [9.17, 15) is 0 Å². The van der Waals surface area contributed by atoms with Crippen LogP contribution in [0.2, 0.25) is 0 Å². The van der Waals surface area contributed by atoms with Gasteiger partial charge in [-0.3, -0.25) is 0 Å². The van der Waals surface area contributed by atoms with Crippen LogP contribution in [0.25, 0.3) is 16.7 Å². The smallest absolute Gasteiger partial charge is 0.244 e. The average Bonchev–Trinajstić information content (AvgIpc) is 2.99. The van der Waals surface area contributed by atoms with Gasteiger partial charge in [-0.15, -0.1) is 0 Å². The van der Waals surface area contributed by atoms with Crippen LogP contribution in [0, 0.1) is 0 Å². The fraction of sp³-hybridized carbons (Fsp3) is 0.529. The van der Waals surface area contributed by atoms with Gasteiger partial charge in [0.25, 0.3) is 0 Å². The Morgan fingerprint density at radius 3 is 2.88 bits per heavy atom. The molecule has 1 fully saturated rings. The van der Waals surface area contributed by atoms with E-state index in [-0.39, 0.29) is 11.5 Å². The van der Waals surface area contributed by atoms with Crippen molar-refractivity contribution in [1.29, 1.82) is 0 Å². The number of anilines is 1. The van der Waals surface area contributed by atoms with Crippen LogP contribution >= 0.6 is 12.6 Å². The number of allylic oxidation sites excluding steroid dienone is 1. The minimum absolute atomic E-state index is 0.0543. The molecule has 0 aliphatic carbocycles. The summed E-state index contributed by atoms with van der Waals surface area (Å²) in [7, 11) is 1.88. The van der Waals surface area contributed by atoms with Gasteiger partial charge in [0.1, 0.15) is 11.6 Å². The van der Waals surface area contributed by atoms with Gasteiger partial charge in [0, 0.05) is 38.0 Å². The lowest BCUT2D eigenvalue weighted by molar-refractivity contribution is 0.0243. The molecule has 0 amide bonds. The minimum Gasteiger partial charge on any atom is -0.473 e. The second-order valence-corrected chi connectivity index (χ2v) is 6.87. The van der Waals surface area contributed by atoms with Crippen LogP contribution in [0.1, 0.15) is 26.7 Å². The van der Waals surface area contributed by atoms with Crippen LogP contribution < -0.4 is 15.4 Å². The first-order chi connectivity index (χ1) is 12.1. The quantitative estimate of drug-likeness (QED) is 0.541. The SMILES string of the molecule is CN/C=C(\C)n1ccc2nc(NC(C)S)nc(OC3CCOCC3)c21. The van der Waals surface area contributed by atoms with E-state index in [2.05, 4.69) is 33.2 Å². The second-order valence-electron chi connectivity index (χ2n) is 6.10. The summed E-state index contributed by atoms with van der Waals surface area (Å²) in [6.45, 7) is 5.39. The molecule has 0 saturated carbocycles. The van der Waals surface area contributed by atoms with Crippen molar-refractivity contribution >= 4 is 35.3 Å². The van der Waals surface area contributed by atoms with Crippen molar-refractivity contribution in [2.24, 2.45) is 0 Å². The third kappa shape index (κ3) is 4.19. The summed E-state index contributed by atoms with van der Waals surface area (Å²) < 4.78 is 13.7. The number of nitrogens with one attached hydrogen (secondary N) is 2. The van der Waals surface area contributed by atoms with Gasteiger partial charge in [0.15, 0.2) is 0 Å². The summed E-state index contributed by atoms with van der Waals surface area (Å²) >= 11 is 4.36. The largest absolute Gasteiger partial charge is 0.473 e. The third-order valence-corrected chi connectivity index (χ3v) is 4.15. The number of hydrogen-bond donors (Lipinski definition) is 3. The second kappa shape index (κ2) is 7.97. The summed E-state index contributed by atoms with van der Waals surface area (Å²) in [6.07, 6.45) is 5.74. The zero-order valence-electron chi connectivity index (χ0n) is 14.8. The fourth-order valence-electron chi connectivity index (χ4n) is 2.87. The normalized spacial score (nSPS) is 17.5. The molecule has 136 valence electrons. The summed E-state index contributed by atoms with van der Waals surface area (Å²) in [5.41, 5.74) is 2.73. The molecule has 0 radical (unpaired) electrons. The van der Waals surface area contributed by atoms with Crippen molar-refractivity contribution in [1.82, 2.24) is 19.9 Å². The third-order valence-electron chi connectivity index (χ3n) is 4.02. The molecule has 1 atom stereocenters. The van der Waals surface area contributed by atoms with Crippen LogP contribution in [0.15, 0.2) is 18.5 Å². The summed E-state index contributed by atoms with van der Waals surface area (Å²) in [5, 5.41) is 6.14. The molecule has 1 unspecified atom stereocenters. The van der Waals surface area contributed by atoms with Crippen LogP contribution in [-0.4, -0.2) is 46.3 Å². The van der Waals surface area contributed by atoms with E-state index < -0.39 is 0 Å². The van der Waals surface area contributed by atoms with Gasteiger partial charge >= 0.3 is 0 Å². The monoisotopic (exact) mass is 363 g/mol. The maximum atomic E-state index is 6.25. The Labute approximate surface area is 153 Å². The number of nitrogens with zero attached hydrogens (tertiary/aromatic N) is 3. The molecule has 25 heavy (non-hydrogen) atoms. The van der Waals surface area contributed by atoms with Gasteiger partial charge < -0.3 is 24.7 Å². The Hall–Kier alpha value is -1.93. The predicted molar refractivity (Wildman–Crippen MR) is 103 cm³/mol. The predicted octanol–water partition coefficient (Wildman–Crippen LogP) is 2.71. The first kappa shape index (κ1) is 17.9. The lowest BCUT2D eigenvalue weighted by atomic mass is 10.1. The van der Waals surface area contributed by atoms with E-state index in [4.69, 9.17) is 9.47 Å². The van der Waals surface area contributed by atoms with Crippen LogP contribution in [0.3, 0.4) is 0 Å². The molecule has 0 aromatic carbocycles. The molecule has 0 spiro atoms. The Balaban J connectivity index is 2.04. The lowest BCUT2D eigenvalue weighted by Crippen LogP contribution is -2.26. The Kier molecular flexibility index (Phi) is 5.70. The first-order valence-corrected chi connectivity index (χ1v) is 9.02. The van der Waals surface area contributed by atoms with Crippen LogP contribution in [0.4, 0.5) is 5.95 Å². The highest BCUT2D eigenvalue weighted by atomic mass is 32.1. The maximum absolute atomic E-state index is 6.25. The van der Waals surface area contributed by atoms with Crippen molar-refractivity contribution in [3.63, 3.8) is 0 Å². The van der Waals surface area contributed by atoms with Gasteiger partial charge in [-0.1, -0.05) is 0 Å². The summed E-state index contributed by atoms with van der Waals surface area (Å²) in [6, 6.07) is 1.97. The summed E-state index contributed by atoms with van der Waals surface area (Å²) in [4.78, 5) is 9.20. The number of fused-ring (bicyclic) bond motifs is 1. The first-order valence-electron chi connectivity index (χ1n) is 8.51. The highest BCUT2D eigenvalue weighted by Gasteiger charge is 2.21. The molecule has 1 aliphatic heterocycles. The van der Waals surface area contributed by atoms with Gasteiger partial charge in [-0.2, -0.15) is 17.6 Å². The Morgan fingerprint density at radius 2 is 2.20 bits per heavy atom. The van der Waals surface area contributed by atoms with Crippen molar-refractivity contribution in [2.45, 2.75) is 38.2 Å². The average molecular weight is 363 g/mol. The lowest BCUT2D eigenvalue weighted by Gasteiger charge is -2.23. The molecule has 2 aromatic rings. The number of hydrogen-bond acceptors (Lipinski definition) is 7. The van der Waals surface area contributed by atoms with Crippen molar-refractivity contribution < 1.29 is 9.47 Å². The van der Waals surface area contributed by atoms with Gasteiger partial charge in [-0.25, -0.2) is 4.98 Å². The van der Waals surface area contributed by atoms with Crippen LogP contribution in [-0.2, 0) is 4.74 Å². The molecule has 1 aliphatic rings. The molecular weight excluding hydrogens is 338 g/mol. The zero-order chi connectivity index (χ0) is 17.8. The highest BCUT2D eigenvalue weighted by molar-refractivity contribution is 7.81. The van der Waals surface area contributed by atoms with E-state index in [1.807, 2.05) is 43.9 Å². The highest BCUT2D eigenvalue weighted by Crippen LogP contribution is 2.29. The zero-order valence-corrected chi connectivity index (χ0v) is 15.7.